The molecule has 2 aliphatic rings. The van der Waals surface area contributed by atoms with Crippen LogP contribution in [0.15, 0.2) is 152 Å². The second-order valence-corrected chi connectivity index (χ2v) is 15.2. The molecular weight excluding hydrogens is 779 g/mol. The van der Waals surface area contributed by atoms with E-state index in [2.05, 4.69) is 5.32 Å². The lowest BCUT2D eigenvalue weighted by Crippen LogP contribution is -2.68. The number of hydrogen-bond donors (Lipinski definition) is 3. The Balaban J connectivity index is 1.20. The first kappa shape index (κ1) is 44.2. The first-order valence-corrected chi connectivity index (χ1v) is 20.7. The number of carbonyl (C=O) groups is 1. The van der Waals surface area contributed by atoms with E-state index in [1.165, 1.54) is 6.92 Å². The minimum atomic E-state index is -1.48. The van der Waals surface area contributed by atoms with Crippen LogP contribution in [0.3, 0.4) is 0 Å². The van der Waals surface area contributed by atoms with Crippen molar-refractivity contribution < 1.29 is 52.9 Å². The molecule has 0 saturated carbocycles. The highest BCUT2D eigenvalue weighted by atomic mass is 16.7. The van der Waals surface area contributed by atoms with E-state index >= 15 is 0 Å². The van der Waals surface area contributed by atoms with Gasteiger partial charge >= 0.3 is 0 Å². The average Bonchev–Trinajstić information content (AvgIpc) is 3.29. The molecule has 1 amide bonds. The zero-order valence-corrected chi connectivity index (χ0v) is 34.2. The van der Waals surface area contributed by atoms with Crippen LogP contribution in [0.5, 0.6) is 0 Å². The Kier molecular flexibility index (Phi) is 16.6. The summed E-state index contributed by atoms with van der Waals surface area (Å²) in [4.78, 5) is 12.6. The van der Waals surface area contributed by atoms with Crippen molar-refractivity contribution in [3.05, 3.63) is 179 Å². The van der Waals surface area contributed by atoms with E-state index in [4.69, 9.17) is 37.9 Å². The molecule has 12 heteroatoms. The fraction of sp³-hybridized carbons (Fsp3) is 0.367. The fourth-order valence-electron chi connectivity index (χ4n) is 7.53. The zero-order chi connectivity index (χ0) is 42.2. The summed E-state index contributed by atoms with van der Waals surface area (Å²) < 4.78 is 51.9. The predicted octanol–water partition coefficient (Wildman–Crippen LogP) is 5.87. The second kappa shape index (κ2) is 22.9. The van der Waals surface area contributed by atoms with Crippen molar-refractivity contribution in [2.24, 2.45) is 0 Å². The van der Waals surface area contributed by atoms with Gasteiger partial charge in [0.1, 0.15) is 48.8 Å². The SMILES string of the molecule is CC(=O)N[C@@H]1[C@@H](OCc2ccccc2)[C@H](O[C@@H]2O[C@H](COCc3ccccc3)[C@@H](OCc3ccccc3)[C@H](OCc3ccccc3)[C@H]2O)[C@@H](COCc2ccccc2)O[C@@H]1O. The van der Waals surface area contributed by atoms with Crippen LogP contribution in [0.4, 0.5) is 0 Å². The summed E-state index contributed by atoms with van der Waals surface area (Å²) in [5.41, 5.74) is 4.60. The van der Waals surface area contributed by atoms with Gasteiger partial charge in [0.2, 0.25) is 5.91 Å². The predicted molar refractivity (Wildman–Crippen MR) is 225 cm³/mol. The van der Waals surface area contributed by atoms with Crippen LogP contribution in [-0.2, 0) is 75.7 Å². The number of carbonyl (C=O) groups excluding carboxylic acids is 1. The number of nitrogens with one attached hydrogen (secondary N) is 1. The summed E-state index contributed by atoms with van der Waals surface area (Å²) in [6.07, 6.45) is -9.79. The van der Waals surface area contributed by atoms with Crippen LogP contribution in [0.2, 0.25) is 0 Å². The van der Waals surface area contributed by atoms with E-state index < -0.39 is 67.3 Å². The monoisotopic (exact) mass is 833 g/mol. The fourth-order valence-corrected chi connectivity index (χ4v) is 7.53. The quantitative estimate of drug-likeness (QED) is 0.0867. The lowest BCUT2D eigenvalue weighted by molar-refractivity contribution is -0.357. The number of rotatable bonds is 20. The molecule has 61 heavy (non-hydrogen) atoms. The van der Waals surface area contributed by atoms with Crippen molar-refractivity contribution in [2.45, 2.75) is 101 Å². The molecule has 5 aromatic rings. The van der Waals surface area contributed by atoms with Gasteiger partial charge in [-0.25, -0.2) is 0 Å². The maximum Gasteiger partial charge on any atom is 0.217 e. The van der Waals surface area contributed by atoms with Gasteiger partial charge in [0.25, 0.3) is 0 Å². The molecule has 0 aromatic heterocycles. The first-order chi connectivity index (χ1) is 29.9. The Morgan fingerprint density at radius 1 is 0.508 bits per heavy atom. The van der Waals surface area contributed by atoms with Crippen molar-refractivity contribution >= 4 is 5.91 Å². The van der Waals surface area contributed by atoms with Crippen molar-refractivity contribution in [3.8, 4) is 0 Å². The molecule has 2 heterocycles. The van der Waals surface area contributed by atoms with Gasteiger partial charge in [-0.15, -0.1) is 0 Å². The van der Waals surface area contributed by atoms with Crippen LogP contribution in [0.1, 0.15) is 34.7 Å². The van der Waals surface area contributed by atoms with Crippen molar-refractivity contribution in [1.82, 2.24) is 5.32 Å². The van der Waals surface area contributed by atoms with E-state index in [1.807, 2.05) is 152 Å². The van der Waals surface area contributed by atoms with E-state index in [0.717, 1.165) is 27.8 Å². The molecule has 0 spiro atoms. The Morgan fingerprint density at radius 2 is 0.885 bits per heavy atom. The number of aliphatic hydroxyl groups is 2. The first-order valence-electron chi connectivity index (χ1n) is 20.7. The van der Waals surface area contributed by atoms with Gasteiger partial charge in [-0.1, -0.05) is 152 Å². The van der Waals surface area contributed by atoms with Gasteiger partial charge in [-0.05, 0) is 27.8 Å². The highest BCUT2D eigenvalue weighted by Gasteiger charge is 2.53. The van der Waals surface area contributed by atoms with Gasteiger partial charge in [0.05, 0.1) is 46.2 Å². The van der Waals surface area contributed by atoms with Crippen LogP contribution >= 0.6 is 0 Å². The molecule has 2 fully saturated rings. The Hall–Kier alpha value is -4.83. The molecule has 2 aliphatic heterocycles. The number of aliphatic hydroxyl groups excluding tert-OH is 2. The van der Waals surface area contributed by atoms with E-state index in [-0.39, 0.29) is 39.6 Å². The number of ether oxygens (including phenoxy) is 8. The van der Waals surface area contributed by atoms with Crippen molar-refractivity contribution in [2.75, 3.05) is 13.2 Å². The van der Waals surface area contributed by atoms with Crippen molar-refractivity contribution in [1.29, 1.82) is 0 Å². The maximum atomic E-state index is 12.6. The lowest BCUT2D eigenvalue weighted by atomic mass is 9.94. The minimum absolute atomic E-state index is 0.0300. The van der Waals surface area contributed by atoms with Gasteiger partial charge in [-0.3, -0.25) is 4.79 Å². The van der Waals surface area contributed by atoms with Crippen LogP contribution in [0.25, 0.3) is 0 Å². The summed E-state index contributed by atoms with van der Waals surface area (Å²) >= 11 is 0. The Labute approximate surface area is 357 Å². The minimum Gasteiger partial charge on any atom is -0.385 e. The third-order valence-electron chi connectivity index (χ3n) is 10.6. The summed E-state index contributed by atoms with van der Waals surface area (Å²) in [6, 6.07) is 47.3. The molecule has 0 bridgehead atoms. The molecule has 0 aliphatic carbocycles. The maximum absolute atomic E-state index is 12.6. The van der Waals surface area contributed by atoms with Gasteiger partial charge < -0.3 is 53.4 Å². The topological polar surface area (TPSA) is 143 Å². The molecule has 12 nitrogen and oxygen atoms in total. The molecule has 3 N–H and O–H groups in total. The summed E-state index contributed by atoms with van der Waals surface area (Å²) in [5, 5.41) is 26.6. The van der Waals surface area contributed by atoms with E-state index in [9.17, 15) is 15.0 Å². The summed E-state index contributed by atoms with van der Waals surface area (Å²) in [7, 11) is 0. The molecule has 7 rings (SSSR count). The van der Waals surface area contributed by atoms with Crippen LogP contribution < -0.4 is 5.32 Å². The molecule has 0 radical (unpaired) electrons. The molecule has 322 valence electrons. The average molecular weight is 834 g/mol. The van der Waals surface area contributed by atoms with Crippen molar-refractivity contribution in [3.63, 3.8) is 0 Å². The Morgan fingerprint density at radius 3 is 1.31 bits per heavy atom. The highest BCUT2D eigenvalue weighted by Crippen LogP contribution is 2.34. The molecule has 10 atom stereocenters. The number of amides is 1. The van der Waals surface area contributed by atoms with E-state index in [1.54, 1.807) is 0 Å². The smallest absolute Gasteiger partial charge is 0.217 e. The van der Waals surface area contributed by atoms with Crippen LogP contribution in [-0.4, -0.2) is 90.7 Å². The molecule has 2 saturated heterocycles. The summed E-state index contributed by atoms with van der Waals surface area (Å²) in [5.74, 6) is -0.407. The van der Waals surface area contributed by atoms with Crippen LogP contribution in [0, 0.1) is 0 Å². The zero-order valence-electron chi connectivity index (χ0n) is 34.2. The second-order valence-electron chi connectivity index (χ2n) is 15.2. The number of benzene rings is 5. The molecule has 5 aromatic carbocycles. The molecule has 0 unspecified atom stereocenters. The van der Waals surface area contributed by atoms with Gasteiger partial charge in [0, 0.05) is 6.92 Å². The summed E-state index contributed by atoms with van der Waals surface area (Å²) in [6.45, 7) is 2.46. The van der Waals surface area contributed by atoms with E-state index in [0.29, 0.717) is 6.61 Å². The number of hydrogen-bond acceptors (Lipinski definition) is 11. The standard InChI is InChI=1S/C49H55NO11/c1-34(51)50-42-46(57-30-38-23-13-5-14-24-38)45(41(59-48(42)53)33-55-28-36-19-9-3-10-20-36)61-49-43(52)47(58-31-39-25-15-6-16-26-39)44(56-29-37-21-11-4-12-22-37)40(60-49)32-54-27-35-17-7-2-8-18-35/h2-26,40-49,52-53H,27-33H2,1H3,(H,50,51)/t40-,41-,42-,43-,44-,45-,46-,47-,48+,49+/m1/s1. The lowest BCUT2D eigenvalue weighted by Gasteiger charge is -2.49. The van der Waals surface area contributed by atoms with Gasteiger partial charge in [-0.2, -0.15) is 0 Å². The Bertz CT molecular complexity index is 2000. The normalized spacial score (nSPS) is 26.4. The largest absolute Gasteiger partial charge is 0.385 e. The third kappa shape index (κ3) is 12.9. The highest BCUT2D eigenvalue weighted by molar-refractivity contribution is 5.73. The third-order valence-corrected chi connectivity index (χ3v) is 10.6. The van der Waals surface area contributed by atoms with Gasteiger partial charge in [0.15, 0.2) is 12.6 Å². The molecular formula is C49H55NO11.